The number of carbonyl (C=O) groups is 2. The molecular weight excluding hydrogens is 256 g/mol. The highest BCUT2D eigenvalue weighted by molar-refractivity contribution is 5.96. The van der Waals surface area contributed by atoms with Crippen LogP contribution in [0.25, 0.3) is 0 Å². The van der Waals surface area contributed by atoms with E-state index in [1.807, 2.05) is 6.92 Å². The molecule has 0 aliphatic rings. The molecule has 0 saturated carbocycles. The monoisotopic (exact) mass is 271 g/mol. The number of rotatable bonds is 6. The SMILES string of the molecule is CCCCC(NC(=O)c1ccc(F)c(F)c1)C(=O)O. The largest absolute Gasteiger partial charge is 0.480 e. The summed E-state index contributed by atoms with van der Waals surface area (Å²) < 4.78 is 25.7. The number of amides is 1. The molecule has 6 heteroatoms. The summed E-state index contributed by atoms with van der Waals surface area (Å²) in [5, 5.41) is 11.2. The Balaban J connectivity index is 2.75. The topological polar surface area (TPSA) is 66.4 Å². The zero-order valence-corrected chi connectivity index (χ0v) is 10.5. The molecule has 0 bridgehead atoms. The molecule has 0 aromatic heterocycles. The van der Waals surface area contributed by atoms with Gasteiger partial charge in [0.15, 0.2) is 11.6 Å². The smallest absolute Gasteiger partial charge is 0.326 e. The Kier molecular flexibility index (Phi) is 5.41. The fourth-order valence-electron chi connectivity index (χ4n) is 1.54. The molecule has 1 rings (SSSR count). The van der Waals surface area contributed by atoms with Crippen molar-refractivity contribution in [1.82, 2.24) is 5.32 Å². The van der Waals surface area contributed by atoms with Gasteiger partial charge in [-0.3, -0.25) is 4.79 Å². The van der Waals surface area contributed by atoms with Crippen LogP contribution in [0.3, 0.4) is 0 Å². The van der Waals surface area contributed by atoms with Crippen LogP contribution in [-0.2, 0) is 4.79 Å². The van der Waals surface area contributed by atoms with Crippen LogP contribution >= 0.6 is 0 Å². The summed E-state index contributed by atoms with van der Waals surface area (Å²) >= 11 is 0. The standard InChI is InChI=1S/C13H15F2NO3/c1-2-3-4-11(13(18)19)16-12(17)8-5-6-9(14)10(15)7-8/h5-7,11H,2-4H2,1H3,(H,16,17)(H,18,19). The Morgan fingerprint density at radius 1 is 1.32 bits per heavy atom. The zero-order chi connectivity index (χ0) is 14.4. The minimum absolute atomic E-state index is 0.110. The molecule has 0 fully saturated rings. The van der Waals surface area contributed by atoms with Gasteiger partial charge in [-0.2, -0.15) is 0 Å². The summed E-state index contributed by atoms with van der Waals surface area (Å²) in [4.78, 5) is 22.7. The Morgan fingerprint density at radius 2 is 2.00 bits per heavy atom. The number of nitrogens with one attached hydrogen (secondary N) is 1. The van der Waals surface area contributed by atoms with Crippen LogP contribution in [0.5, 0.6) is 0 Å². The van der Waals surface area contributed by atoms with Crippen molar-refractivity contribution in [3.8, 4) is 0 Å². The summed E-state index contributed by atoms with van der Waals surface area (Å²) in [6, 6.07) is 1.64. The van der Waals surface area contributed by atoms with Crippen molar-refractivity contribution in [3.63, 3.8) is 0 Å². The second kappa shape index (κ2) is 6.82. The summed E-state index contributed by atoms with van der Waals surface area (Å²) in [6.07, 6.45) is 1.74. The van der Waals surface area contributed by atoms with Gasteiger partial charge in [-0.1, -0.05) is 19.8 Å². The van der Waals surface area contributed by atoms with Crippen molar-refractivity contribution < 1.29 is 23.5 Å². The first kappa shape index (κ1) is 15.1. The summed E-state index contributed by atoms with van der Waals surface area (Å²) in [5.74, 6) is -4.09. The zero-order valence-electron chi connectivity index (χ0n) is 10.5. The number of carboxylic acids is 1. The fourth-order valence-corrected chi connectivity index (χ4v) is 1.54. The van der Waals surface area contributed by atoms with Crippen LogP contribution in [-0.4, -0.2) is 23.0 Å². The number of unbranched alkanes of at least 4 members (excludes halogenated alkanes) is 1. The normalized spacial score (nSPS) is 11.9. The van der Waals surface area contributed by atoms with Crippen LogP contribution in [0.15, 0.2) is 18.2 Å². The van der Waals surface area contributed by atoms with Gasteiger partial charge in [0.05, 0.1) is 0 Å². The van der Waals surface area contributed by atoms with E-state index in [4.69, 9.17) is 5.11 Å². The summed E-state index contributed by atoms with van der Waals surface area (Å²) in [6.45, 7) is 1.90. The number of hydrogen-bond donors (Lipinski definition) is 2. The second-order valence-corrected chi connectivity index (χ2v) is 4.14. The number of carboxylic acid groups (broad SMARTS) is 1. The molecule has 2 N–H and O–H groups in total. The molecule has 0 spiro atoms. The van der Waals surface area contributed by atoms with Gasteiger partial charge in [0.25, 0.3) is 5.91 Å². The number of carbonyl (C=O) groups excluding carboxylic acids is 1. The van der Waals surface area contributed by atoms with Crippen molar-refractivity contribution in [3.05, 3.63) is 35.4 Å². The Morgan fingerprint density at radius 3 is 2.53 bits per heavy atom. The van der Waals surface area contributed by atoms with Gasteiger partial charge in [0.1, 0.15) is 6.04 Å². The Bertz CT molecular complexity index is 477. The van der Waals surface area contributed by atoms with Gasteiger partial charge in [-0.25, -0.2) is 13.6 Å². The molecule has 104 valence electrons. The molecule has 1 aromatic rings. The number of aliphatic carboxylic acids is 1. The van der Waals surface area contributed by atoms with E-state index in [1.54, 1.807) is 0 Å². The molecule has 0 aliphatic heterocycles. The molecule has 4 nitrogen and oxygen atoms in total. The van der Waals surface area contributed by atoms with E-state index in [-0.39, 0.29) is 5.56 Å². The highest BCUT2D eigenvalue weighted by Gasteiger charge is 2.20. The first-order valence-electron chi connectivity index (χ1n) is 5.94. The van der Waals surface area contributed by atoms with E-state index in [0.29, 0.717) is 12.8 Å². The van der Waals surface area contributed by atoms with Gasteiger partial charge < -0.3 is 10.4 Å². The van der Waals surface area contributed by atoms with Crippen molar-refractivity contribution in [2.45, 2.75) is 32.2 Å². The van der Waals surface area contributed by atoms with Crippen LogP contribution in [0, 0.1) is 11.6 Å². The fraction of sp³-hybridized carbons (Fsp3) is 0.385. The van der Waals surface area contributed by atoms with Crippen LogP contribution < -0.4 is 5.32 Å². The minimum Gasteiger partial charge on any atom is -0.480 e. The van der Waals surface area contributed by atoms with Crippen molar-refractivity contribution >= 4 is 11.9 Å². The molecule has 0 heterocycles. The molecule has 19 heavy (non-hydrogen) atoms. The third-order valence-electron chi connectivity index (χ3n) is 2.63. The van der Waals surface area contributed by atoms with E-state index in [9.17, 15) is 18.4 Å². The Hall–Kier alpha value is -1.98. The summed E-state index contributed by atoms with van der Waals surface area (Å²) in [7, 11) is 0. The lowest BCUT2D eigenvalue weighted by molar-refractivity contribution is -0.139. The third kappa shape index (κ3) is 4.31. The van der Waals surface area contributed by atoms with E-state index in [0.717, 1.165) is 24.6 Å². The molecule has 0 saturated heterocycles. The minimum atomic E-state index is -1.15. The Labute approximate surface area is 109 Å². The molecule has 1 atom stereocenters. The predicted octanol–water partition coefficient (Wildman–Crippen LogP) is 2.34. The maximum absolute atomic E-state index is 13.0. The quantitative estimate of drug-likeness (QED) is 0.834. The van der Waals surface area contributed by atoms with E-state index in [1.165, 1.54) is 0 Å². The molecule has 0 aliphatic carbocycles. The molecule has 0 radical (unpaired) electrons. The van der Waals surface area contributed by atoms with E-state index < -0.39 is 29.6 Å². The summed E-state index contributed by atoms with van der Waals surface area (Å²) in [5.41, 5.74) is -0.110. The van der Waals surface area contributed by atoms with Crippen LogP contribution in [0.2, 0.25) is 0 Å². The highest BCUT2D eigenvalue weighted by atomic mass is 19.2. The maximum atomic E-state index is 13.0. The van der Waals surface area contributed by atoms with Crippen LogP contribution in [0.1, 0.15) is 36.5 Å². The number of benzene rings is 1. The first-order valence-corrected chi connectivity index (χ1v) is 5.94. The van der Waals surface area contributed by atoms with Crippen molar-refractivity contribution in [2.24, 2.45) is 0 Å². The van der Waals surface area contributed by atoms with E-state index in [2.05, 4.69) is 5.32 Å². The number of hydrogen-bond acceptors (Lipinski definition) is 2. The van der Waals surface area contributed by atoms with Gasteiger partial charge in [-0.05, 0) is 24.6 Å². The maximum Gasteiger partial charge on any atom is 0.326 e. The van der Waals surface area contributed by atoms with E-state index >= 15 is 0 Å². The number of halogens is 2. The van der Waals surface area contributed by atoms with Gasteiger partial charge >= 0.3 is 5.97 Å². The predicted molar refractivity (Wildman–Crippen MR) is 64.8 cm³/mol. The average molecular weight is 271 g/mol. The van der Waals surface area contributed by atoms with Crippen molar-refractivity contribution in [1.29, 1.82) is 0 Å². The van der Waals surface area contributed by atoms with Crippen LogP contribution in [0.4, 0.5) is 8.78 Å². The van der Waals surface area contributed by atoms with Gasteiger partial charge in [0, 0.05) is 5.56 Å². The first-order chi connectivity index (χ1) is 8.95. The molecule has 1 unspecified atom stereocenters. The molecule has 1 amide bonds. The highest BCUT2D eigenvalue weighted by Crippen LogP contribution is 2.09. The van der Waals surface area contributed by atoms with Crippen molar-refractivity contribution in [2.75, 3.05) is 0 Å². The molecular formula is C13H15F2NO3. The molecule has 1 aromatic carbocycles. The van der Waals surface area contributed by atoms with Gasteiger partial charge in [-0.15, -0.1) is 0 Å². The lowest BCUT2D eigenvalue weighted by Gasteiger charge is -2.14. The lowest BCUT2D eigenvalue weighted by Crippen LogP contribution is -2.40. The second-order valence-electron chi connectivity index (χ2n) is 4.14. The average Bonchev–Trinajstić information content (AvgIpc) is 2.37. The lowest BCUT2D eigenvalue weighted by atomic mass is 10.1. The third-order valence-corrected chi connectivity index (χ3v) is 2.63. The van der Waals surface area contributed by atoms with Gasteiger partial charge in [0.2, 0.25) is 0 Å².